The lowest BCUT2D eigenvalue weighted by molar-refractivity contribution is 0.153. The Labute approximate surface area is 182 Å². The molecule has 148 valence electrons. The van der Waals surface area contributed by atoms with Gasteiger partial charge in [-0.25, -0.2) is 14.2 Å². The van der Waals surface area contributed by atoms with E-state index in [1.165, 1.54) is 0 Å². The van der Waals surface area contributed by atoms with E-state index >= 15 is 0 Å². The molecular weight excluding hydrogens is 512 g/mol. The quantitative estimate of drug-likeness (QED) is 0.351. The molecule has 2 atom stereocenters. The van der Waals surface area contributed by atoms with Crippen LogP contribution in [0.15, 0.2) is 36.1 Å². The average Bonchev–Trinajstić information content (AvgIpc) is 3.31. The van der Waals surface area contributed by atoms with Crippen molar-refractivity contribution in [3.8, 4) is 0 Å². The number of amides is 1. The topological polar surface area (TPSA) is 72.3 Å². The highest BCUT2D eigenvalue weighted by atomic mass is 127. The molecule has 1 N–H and O–H groups in total. The minimum Gasteiger partial charge on any atom is -0.445 e. The van der Waals surface area contributed by atoms with Gasteiger partial charge in [-0.05, 0) is 46.9 Å². The highest BCUT2D eigenvalue weighted by Crippen LogP contribution is 2.35. The van der Waals surface area contributed by atoms with E-state index < -0.39 is 0 Å². The lowest BCUT2D eigenvalue weighted by Crippen LogP contribution is -2.37. The zero-order valence-corrected chi connectivity index (χ0v) is 19.0. The van der Waals surface area contributed by atoms with Gasteiger partial charge in [0.25, 0.3) is 0 Å². The first-order chi connectivity index (χ1) is 13.6. The van der Waals surface area contributed by atoms with E-state index in [1.54, 1.807) is 6.20 Å². The minimum atomic E-state index is -0.371. The Morgan fingerprint density at radius 2 is 2.36 bits per heavy atom. The van der Waals surface area contributed by atoms with Gasteiger partial charge in [-0.3, -0.25) is 0 Å². The fourth-order valence-corrected chi connectivity index (χ4v) is 5.13. The maximum absolute atomic E-state index is 12.1. The van der Waals surface area contributed by atoms with Gasteiger partial charge in [0, 0.05) is 25.4 Å². The summed E-state index contributed by atoms with van der Waals surface area (Å²) in [7, 11) is 0. The van der Waals surface area contributed by atoms with Crippen molar-refractivity contribution in [3.05, 3.63) is 41.2 Å². The number of carbonyl (C=O) groups is 1. The van der Waals surface area contributed by atoms with Gasteiger partial charge in [-0.2, -0.15) is 0 Å². The SMILES string of the molecule is O=C(NC1CCN(c2nn(PI)c3cc(Cl)ncc23)C1)OCC1=CCCC=C1. The van der Waals surface area contributed by atoms with Crippen molar-refractivity contribution < 1.29 is 9.53 Å². The molecule has 1 fully saturated rings. The third-order valence-corrected chi connectivity index (χ3v) is 6.92. The lowest BCUT2D eigenvalue weighted by atomic mass is 10.1. The van der Waals surface area contributed by atoms with Crippen LogP contribution in [0.5, 0.6) is 0 Å². The Morgan fingerprint density at radius 3 is 3.14 bits per heavy atom. The molecule has 2 aromatic heterocycles. The fourth-order valence-electron chi connectivity index (χ4n) is 3.47. The third-order valence-electron chi connectivity index (χ3n) is 4.84. The van der Waals surface area contributed by atoms with Crippen molar-refractivity contribution in [3.63, 3.8) is 0 Å². The molecule has 0 saturated carbocycles. The first-order valence-corrected chi connectivity index (χ1v) is 13.5. The van der Waals surface area contributed by atoms with E-state index in [9.17, 15) is 4.79 Å². The number of fused-ring (bicyclic) bond motifs is 1. The van der Waals surface area contributed by atoms with Crippen LogP contribution in [-0.4, -0.2) is 46.4 Å². The van der Waals surface area contributed by atoms with Crippen LogP contribution in [0.4, 0.5) is 10.6 Å². The van der Waals surface area contributed by atoms with Gasteiger partial charge < -0.3 is 15.0 Å². The van der Waals surface area contributed by atoms with E-state index in [-0.39, 0.29) is 12.1 Å². The number of allylic oxidation sites excluding steroid dienone is 2. The molecule has 2 unspecified atom stereocenters. The number of carbonyl (C=O) groups excluding carboxylic acids is 1. The molecule has 0 bridgehead atoms. The van der Waals surface area contributed by atoms with Gasteiger partial charge in [0.05, 0.1) is 23.3 Å². The second-order valence-electron chi connectivity index (χ2n) is 6.75. The zero-order chi connectivity index (χ0) is 19.5. The predicted molar refractivity (Wildman–Crippen MR) is 122 cm³/mol. The second kappa shape index (κ2) is 8.97. The molecule has 28 heavy (non-hydrogen) atoms. The number of anilines is 1. The zero-order valence-electron chi connectivity index (χ0n) is 15.1. The smallest absolute Gasteiger partial charge is 0.407 e. The lowest BCUT2D eigenvalue weighted by Gasteiger charge is -2.17. The molecule has 10 heteroatoms. The molecule has 1 aliphatic heterocycles. The standard InChI is InChI=1S/C18H20ClIN5O2P/c19-16-8-15-14(9-21-16)17(23-25(15)28-20)24-7-6-13(10-24)22-18(26)27-11-12-4-2-1-3-5-12/h2,4-5,8-9,13,28H,1,3,6-7,10-11H2,(H,22,26). The Hall–Kier alpha value is -1.38. The number of hydrogen-bond acceptors (Lipinski definition) is 5. The summed E-state index contributed by atoms with van der Waals surface area (Å²) in [6.45, 7) is 1.82. The first kappa shape index (κ1) is 19.9. The highest BCUT2D eigenvalue weighted by molar-refractivity contribution is 14.2. The van der Waals surface area contributed by atoms with Crippen molar-refractivity contribution in [1.82, 2.24) is 19.9 Å². The number of pyridine rings is 1. The van der Waals surface area contributed by atoms with Crippen LogP contribution in [-0.2, 0) is 4.74 Å². The number of nitrogens with zero attached hydrogens (tertiary/aromatic N) is 4. The molecule has 1 aliphatic carbocycles. The predicted octanol–water partition coefficient (Wildman–Crippen LogP) is 4.46. The maximum atomic E-state index is 12.1. The molecule has 2 aliphatic rings. The normalized spacial score (nSPS) is 19.6. The van der Waals surface area contributed by atoms with Gasteiger partial charge >= 0.3 is 6.09 Å². The van der Waals surface area contributed by atoms with Crippen molar-refractivity contribution in [1.29, 1.82) is 0 Å². The van der Waals surface area contributed by atoms with Crippen LogP contribution in [0.25, 0.3) is 10.9 Å². The van der Waals surface area contributed by atoms with E-state index in [4.69, 9.17) is 21.4 Å². The van der Waals surface area contributed by atoms with E-state index in [1.807, 2.05) is 16.6 Å². The summed E-state index contributed by atoms with van der Waals surface area (Å²) < 4.78 is 7.30. The number of ether oxygens (including phenoxy) is 1. The van der Waals surface area contributed by atoms with Crippen LogP contribution in [0, 0.1) is 0 Å². The third kappa shape index (κ3) is 4.44. The Bertz CT molecular complexity index is 947. The van der Waals surface area contributed by atoms with Crippen molar-refractivity contribution in [2.75, 3.05) is 24.6 Å². The Morgan fingerprint density at radius 1 is 1.46 bits per heavy atom. The van der Waals surface area contributed by atoms with Gasteiger partial charge in [0.1, 0.15) is 11.8 Å². The number of halogens is 2. The number of hydrogen-bond donors (Lipinski definition) is 1. The molecule has 7 nitrogen and oxygen atoms in total. The monoisotopic (exact) mass is 531 g/mol. The van der Waals surface area contributed by atoms with Crippen molar-refractivity contribution in [2.45, 2.75) is 25.3 Å². The van der Waals surface area contributed by atoms with Crippen LogP contribution < -0.4 is 10.2 Å². The van der Waals surface area contributed by atoms with Crippen LogP contribution >= 0.6 is 40.0 Å². The number of alkyl carbamates (subject to hydrolysis) is 1. The van der Waals surface area contributed by atoms with Crippen LogP contribution in [0.1, 0.15) is 19.3 Å². The molecule has 1 amide bonds. The average molecular weight is 532 g/mol. The van der Waals surface area contributed by atoms with E-state index in [0.717, 1.165) is 48.1 Å². The first-order valence-electron chi connectivity index (χ1n) is 9.09. The number of nitrogens with one attached hydrogen (secondary N) is 1. The molecule has 1 saturated heterocycles. The summed E-state index contributed by atoms with van der Waals surface area (Å²) in [5, 5.41) is 9.14. The summed E-state index contributed by atoms with van der Waals surface area (Å²) in [4.78, 5) is 18.5. The van der Waals surface area contributed by atoms with Crippen LogP contribution in [0.2, 0.25) is 5.15 Å². The summed E-state index contributed by atoms with van der Waals surface area (Å²) in [5.41, 5.74) is 2.03. The Kier molecular flexibility index (Phi) is 6.38. The van der Waals surface area contributed by atoms with Crippen LogP contribution in [0.3, 0.4) is 0 Å². The molecule has 4 rings (SSSR count). The number of aromatic nitrogens is 3. The largest absolute Gasteiger partial charge is 0.445 e. The highest BCUT2D eigenvalue weighted by Gasteiger charge is 2.28. The maximum Gasteiger partial charge on any atom is 0.407 e. The molecular formula is C18H20ClIN5O2P. The molecule has 2 aromatic rings. The van der Waals surface area contributed by atoms with Gasteiger partial charge in [-0.15, -0.1) is 5.10 Å². The Balaban J connectivity index is 1.38. The van der Waals surface area contributed by atoms with Crippen molar-refractivity contribution in [2.24, 2.45) is 0 Å². The molecule has 0 radical (unpaired) electrons. The van der Waals surface area contributed by atoms with Crippen molar-refractivity contribution >= 4 is 62.8 Å². The molecule has 0 aromatic carbocycles. The molecule has 3 heterocycles. The fraction of sp³-hybridized carbons (Fsp3) is 0.389. The van der Waals surface area contributed by atoms with E-state index in [0.29, 0.717) is 24.7 Å². The summed E-state index contributed by atoms with van der Waals surface area (Å²) in [5.74, 6) is 0.887. The summed E-state index contributed by atoms with van der Waals surface area (Å²) in [6, 6.07) is 1.88. The van der Waals surface area contributed by atoms with Gasteiger partial charge in [-0.1, -0.05) is 29.8 Å². The van der Waals surface area contributed by atoms with E-state index in [2.05, 4.69) is 49.4 Å². The molecule has 0 spiro atoms. The summed E-state index contributed by atoms with van der Waals surface area (Å²) >= 11 is 8.35. The summed E-state index contributed by atoms with van der Waals surface area (Å²) in [6.07, 6.45) is 11.0. The second-order valence-corrected chi connectivity index (χ2v) is 9.18. The van der Waals surface area contributed by atoms with Gasteiger partial charge in [0.15, 0.2) is 5.82 Å². The minimum absolute atomic E-state index is 0.0332. The van der Waals surface area contributed by atoms with Gasteiger partial charge in [0.2, 0.25) is 0 Å². The number of rotatable bonds is 5.